The SMILES string of the molecule is CCCN1C(=O)NC(c2ccc(NC(=O)Nc3c(C(C)C)cccc3C(C)C)cc2)C(C(=O)OC(C)C)=C1C. The Morgan fingerprint density at radius 3 is 2.05 bits per heavy atom. The Morgan fingerprint density at radius 1 is 0.949 bits per heavy atom. The number of nitrogens with zero attached hydrogens (tertiary/aromatic N) is 1. The Hall–Kier alpha value is -3.81. The van der Waals surface area contributed by atoms with E-state index in [2.05, 4.69) is 43.6 Å². The lowest BCUT2D eigenvalue weighted by molar-refractivity contribution is -0.143. The van der Waals surface area contributed by atoms with Crippen LogP contribution >= 0.6 is 0 Å². The molecule has 1 aliphatic heterocycles. The second kappa shape index (κ2) is 12.8. The topological polar surface area (TPSA) is 99.8 Å². The first-order valence-electron chi connectivity index (χ1n) is 13.7. The number of benzene rings is 2. The van der Waals surface area contributed by atoms with Gasteiger partial charge in [-0.15, -0.1) is 0 Å². The molecule has 2 aromatic carbocycles. The van der Waals surface area contributed by atoms with Gasteiger partial charge in [-0.25, -0.2) is 14.4 Å². The maximum Gasteiger partial charge on any atom is 0.338 e. The molecule has 1 atom stereocenters. The summed E-state index contributed by atoms with van der Waals surface area (Å²) in [5.74, 6) is 0.0515. The highest BCUT2D eigenvalue weighted by Gasteiger charge is 2.36. The molecule has 4 amide bonds. The molecule has 0 spiro atoms. The maximum atomic E-state index is 13.1. The molecule has 0 saturated carbocycles. The van der Waals surface area contributed by atoms with Gasteiger partial charge in [0.1, 0.15) is 0 Å². The second-order valence-corrected chi connectivity index (χ2v) is 10.8. The molecule has 2 aromatic rings. The highest BCUT2D eigenvalue weighted by atomic mass is 16.5. The number of amides is 4. The van der Waals surface area contributed by atoms with Crippen LogP contribution in [-0.4, -0.2) is 35.6 Å². The molecule has 1 aliphatic rings. The average Bonchev–Trinajstić information content (AvgIpc) is 2.86. The number of hydrogen-bond acceptors (Lipinski definition) is 4. The number of rotatable bonds is 9. The van der Waals surface area contributed by atoms with Crippen LogP contribution in [0.2, 0.25) is 0 Å². The summed E-state index contributed by atoms with van der Waals surface area (Å²) >= 11 is 0. The summed E-state index contributed by atoms with van der Waals surface area (Å²) in [6.45, 7) is 16.3. The van der Waals surface area contributed by atoms with Gasteiger partial charge in [-0.05, 0) is 67.9 Å². The fourth-order valence-corrected chi connectivity index (χ4v) is 4.80. The molecule has 0 radical (unpaired) electrons. The average molecular weight is 535 g/mol. The molecule has 0 aromatic heterocycles. The highest BCUT2D eigenvalue weighted by Crippen LogP contribution is 2.34. The van der Waals surface area contributed by atoms with Crippen LogP contribution in [0.4, 0.5) is 21.0 Å². The van der Waals surface area contributed by atoms with E-state index in [0.29, 0.717) is 29.1 Å². The summed E-state index contributed by atoms with van der Waals surface area (Å²) in [6.07, 6.45) is 0.461. The third kappa shape index (κ3) is 6.99. The van der Waals surface area contributed by atoms with Gasteiger partial charge in [0.25, 0.3) is 0 Å². The van der Waals surface area contributed by atoms with E-state index >= 15 is 0 Å². The number of hydrogen-bond donors (Lipinski definition) is 3. The fraction of sp³-hybridized carbons (Fsp3) is 0.452. The van der Waals surface area contributed by atoms with Crippen LogP contribution in [0.25, 0.3) is 0 Å². The molecule has 39 heavy (non-hydrogen) atoms. The monoisotopic (exact) mass is 534 g/mol. The normalized spacial score (nSPS) is 15.6. The molecule has 0 fully saturated rings. The summed E-state index contributed by atoms with van der Waals surface area (Å²) < 4.78 is 5.52. The zero-order valence-electron chi connectivity index (χ0n) is 24.3. The van der Waals surface area contributed by atoms with Crippen molar-refractivity contribution in [3.8, 4) is 0 Å². The molecule has 210 valence electrons. The third-order valence-corrected chi connectivity index (χ3v) is 6.72. The molecular formula is C31H42N4O4. The number of anilines is 2. The van der Waals surface area contributed by atoms with E-state index in [-0.39, 0.29) is 30.0 Å². The van der Waals surface area contributed by atoms with Crippen molar-refractivity contribution >= 4 is 29.4 Å². The summed E-state index contributed by atoms with van der Waals surface area (Å²) in [6, 6.07) is 12.0. The zero-order chi connectivity index (χ0) is 28.9. The number of ether oxygens (including phenoxy) is 1. The Balaban J connectivity index is 1.85. The van der Waals surface area contributed by atoms with Gasteiger partial charge < -0.3 is 20.7 Å². The number of nitrogens with one attached hydrogen (secondary N) is 3. The van der Waals surface area contributed by atoms with Gasteiger partial charge in [-0.1, -0.05) is 65.0 Å². The molecule has 1 heterocycles. The first kappa shape index (κ1) is 29.7. The van der Waals surface area contributed by atoms with Crippen molar-refractivity contribution in [3.05, 3.63) is 70.4 Å². The Morgan fingerprint density at radius 2 is 1.54 bits per heavy atom. The van der Waals surface area contributed by atoms with E-state index in [0.717, 1.165) is 23.2 Å². The minimum atomic E-state index is -0.661. The van der Waals surface area contributed by atoms with Gasteiger partial charge >= 0.3 is 18.0 Å². The van der Waals surface area contributed by atoms with Crippen LogP contribution in [0.1, 0.15) is 96.4 Å². The predicted octanol–water partition coefficient (Wildman–Crippen LogP) is 7.28. The van der Waals surface area contributed by atoms with E-state index in [1.165, 1.54) is 0 Å². The van der Waals surface area contributed by atoms with Gasteiger partial charge in [0.05, 0.1) is 17.7 Å². The van der Waals surface area contributed by atoms with Crippen molar-refractivity contribution in [1.82, 2.24) is 10.2 Å². The quantitative estimate of drug-likeness (QED) is 0.294. The van der Waals surface area contributed by atoms with Crippen LogP contribution < -0.4 is 16.0 Å². The third-order valence-electron chi connectivity index (χ3n) is 6.72. The molecule has 8 heteroatoms. The van der Waals surface area contributed by atoms with E-state index < -0.39 is 12.0 Å². The number of carbonyl (C=O) groups is 3. The number of urea groups is 2. The number of para-hydroxylation sites is 1. The van der Waals surface area contributed by atoms with Crippen molar-refractivity contribution in [3.63, 3.8) is 0 Å². The predicted molar refractivity (Wildman–Crippen MR) is 156 cm³/mol. The van der Waals surface area contributed by atoms with Crippen LogP contribution in [0.15, 0.2) is 53.7 Å². The van der Waals surface area contributed by atoms with Gasteiger partial charge in [0, 0.05) is 23.6 Å². The van der Waals surface area contributed by atoms with Crippen molar-refractivity contribution < 1.29 is 19.1 Å². The minimum absolute atomic E-state index is 0.255. The Kier molecular flexibility index (Phi) is 9.78. The van der Waals surface area contributed by atoms with Gasteiger partial charge in [0.15, 0.2) is 0 Å². The van der Waals surface area contributed by atoms with Crippen LogP contribution in [0.3, 0.4) is 0 Å². The second-order valence-electron chi connectivity index (χ2n) is 10.8. The first-order chi connectivity index (χ1) is 18.4. The van der Waals surface area contributed by atoms with E-state index in [9.17, 15) is 14.4 Å². The maximum absolute atomic E-state index is 13.1. The van der Waals surface area contributed by atoms with Gasteiger partial charge in [0.2, 0.25) is 0 Å². The van der Waals surface area contributed by atoms with Gasteiger partial charge in [-0.2, -0.15) is 0 Å². The molecule has 0 aliphatic carbocycles. The number of carbonyl (C=O) groups excluding carboxylic acids is 3. The summed E-state index contributed by atoms with van der Waals surface area (Å²) in [4.78, 5) is 40.5. The Bertz CT molecular complexity index is 1210. The number of allylic oxidation sites excluding steroid dienone is 1. The Labute approximate surface area is 232 Å². The standard InChI is InChI=1S/C31H42N4O4/c1-9-17-35-21(8)26(29(36)39-20(6)7)27(34-31(35)38)22-13-15-23(16-14-22)32-30(37)33-28-24(18(2)3)11-10-12-25(28)19(4)5/h10-16,18-20,27H,9,17H2,1-8H3,(H,34,38)(H2,32,33,37). The largest absolute Gasteiger partial charge is 0.459 e. The summed E-state index contributed by atoms with van der Waals surface area (Å²) in [7, 11) is 0. The lowest BCUT2D eigenvalue weighted by atomic mass is 9.93. The lowest BCUT2D eigenvalue weighted by Crippen LogP contribution is -2.48. The van der Waals surface area contributed by atoms with Crippen LogP contribution in [0.5, 0.6) is 0 Å². The van der Waals surface area contributed by atoms with E-state index in [4.69, 9.17) is 4.74 Å². The molecule has 0 saturated heterocycles. The zero-order valence-corrected chi connectivity index (χ0v) is 24.3. The van der Waals surface area contributed by atoms with Crippen molar-refractivity contribution in [2.75, 3.05) is 17.2 Å². The summed E-state index contributed by atoms with van der Waals surface area (Å²) in [5, 5.41) is 8.92. The molecule has 8 nitrogen and oxygen atoms in total. The summed E-state index contributed by atoms with van der Waals surface area (Å²) in [5.41, 5.74) is 5.30. The van der Waals surface area contributed by atoms with E-state index in [1.807, 2.05) is 25.1 Å². The van der Waals surface area contributed by atoms with Crippen molar-refractivity contribution in [1.29, 1.82) is 0 Å². The smallest absolute Gasteiger partial charge is 0.338 e. The molecule has 3 N–H and O–H groups in total. The number of esters is 1. The lowest BCUT2D eigenvalue weighted by Gasteiger charge is -2.35. The molecule has 0 bridgehead atoms. The van der Waals surface area contributed by atoms with Gasteiger partial charge in [-0.3, -0.25) is 4.90 Å². The molecule has 1 unspecified atom stereocenters. The van der Waals surface area contributed by atoms with E-state index in [1.54, 1.807) is 49.9 Å². The van der Waals surface area contributed by atoms with Crippen molar-refractivity contribution in [2.24, 2.45) is 0 Å². The van der Waals surface area contributed by atoms with Crippen molar-refractivity contribution in [2.45, 2.75) is 85.8 Å². The minimum Gasteiger partial charge on any atom is -0.459 e. The first-order valence-corrected chi connectivity index (χ1v) is 13.7. The van der Waals surface area contributed by atoms with Crippen LogP contribution in [-0.2, 0) is 9.53 Å². The van der Waals surface area contributed by atoms with Crippen LogP contribution in [0, 0.1) is 0 Å². The highest BCUT2D eigenvalue weighted by molar-refractivity contribution is 6.01. The fourth-order valence-electron chi connectivity index (χ4n) is 4.80. The molecule has 3 rings (SSSR count). The molecular weight excluding hydrogens is 492 g/mol.